The zero-order valence-electron chi connectivity index (χ0n) is 29.9. The molecule has 4 aromatic rings. The van der Waals surface area contributed by atoms with Gasteiger partial charge >= 0.3 is 12.1 Å². The number of nitrogens with zero attached hydrogens (tertiary/aromatic N) is 3. The van der Waals surface area contributed by atoms with E-state index in [0.717, 1.165) is 5.56 Å². The highest BCUT2D eigenvalue weighted by Crippen LogP contribution is 2.43. The standard InChI is InChI=1S/C38H40Cl3N5O7/c1-38(2,3)53-37(50)46(19-23-11-12-31(47)44-23)20-27-28(39)16-29(45-36(27)52-5)26-8-6-7-24(33(26)40)25-13-14-43-35(34(25)41)21-9-10-22(30(15-21)51-4)17-42-18-32(48)49/h6-10,13-16,23,42H,11-12,17-20H2,1-5H3,(H,44,47)(H,48,49). The fourth-order valence-electron chi connectivity index (χ4n) is 5.90. The topological polar surface area (TPSA) is 152 Å². The lowest BCUT2D eigenvalue weighted by atomic mass is 9.99. The lowest BCUT2D eigenvalue weighted by molar-refractivity contribution is -0.136. The number of nitrogens with one attached hydrogen (secondary N) is 2. The van der Waals surface area contributed by atoms with Gasteiger partial charge in [-0.2, -0.15) is 0 Å². The van der Waals surface area contributed by atoms with Gasteiger partial charge in [-0.25, -0.2) is 9.78 Å². The normalized spacial score (nSPS) is 14.1. The molecule has 12 nitrogen and oxygen atoms in total. The van der Waals surface area contributed by atoms with Crippen LogP contribution in [0.3, 0.4) is 0 Å². The number of pyridine rings is 2. The van der Waals surface area contributed by atoms with Gasteiger partial charge in [0.2, 0.25) is 11.8 Å². The molecule has 280 valence electrons. The first kappa shape index (κ1) is 39.6. The predicted octanol–water partition coefficient (Wildman–Crippen LogP) is 7.64. The molecule has 5 rings (SSSR count). The van der Waals surface area contributed by atoms with E-state index in [-0.39, 0.29) is 42.5 Å². The molecule has 53 heavy (non-hydrogen) atoms. The van der Waals surface area contributed by atoms with Gasteiger partial charge in [0, 0.05) is 59.6 Å². The van der Waals surface area contributed by atoms with Crippen LogP contribution < -0.4 is 20.1 Å². The first-order chi connectivity index (χ1) is 25.2. The second-order valence-corrected chi connectivity index (χ2v) is 14.5. The number of hydrogen-bond acceptors (Lipinski definition) is 9. The summed E-state index contributed by atoms with van der Waals surface area (Å²) < 4.78 is 17.0. The Morgan fingerprint density at radius 1 is 1.02 bits per heavy atom. The molecular weight excluding hydrogens is 745 g/mol. The molecule has 2 amide bonds. The molecule has 15 heteroatoms. The van der Waals surface area contributed by atoms with Gasteiger partial charge in [0.15, 0.2) is 0 Å². The minimum Gasteiger partial charge on any atom is -0.496 e. The van der Waals surface area contributed by atoms with Gasteiger partial charge in [-0.1, -0.05) is 65.1 Å². The van der Waals surface area contributed by atoms with E-state index in [0.29, 0.717) is 74.4 Å². The Balaban J connectivity index is 1.47. The molecule has 3 heterocycles. The Morgan fingerprint density at radius 3 is 2.42 bits per heavy atom. The van der Waals surface area contributed by atoms with Gasteiger partial charge < -0.3 is 34.9 Å². The van der Waals surface area contributed by atoms with E-state index in [9.17, 15) is 14.4 Å². The van der Waals surface area contributed by atoms with Crippen LogP contribution in [-0.2, 0) is 27.4 Å². The zero-order chi connectivity index (χ0) is 38.4. The van der Waals surface area contributed by atoms with Crippen LogP contribution >= 0.6 is 34.8 Å². The van der Waals surface area contributed by atoms with E-state index in [1.165, 1.54) is 19.1 Å². The maximum absolute atomic E-state index is 13.3. The highest BCUT2D eigenvalue weighted by molar-refractivity contribution is 6.39. The van der Waals surface area contributed by atoms with Crippen molar-refractivity contribution in [3.63, 3.8) is 0 Å². The third kappa shape index (κ3) is 9.68. The molecule has 0 radical (unpaired) electrons. The third-order valence-corrected chi connectivity index (χ3v) is 9.48. The van der Waals surface area contributed by atoms with Crippen molar-refractivity contribution in [2.45, 2.75) is 58.3 Å². The summed E-state index contributed by atoms with van der Waals surface area (Å²) in [6, 6.07) is 14.1. The van der Waals surface area contributed by atoms with Crippen molar-refractivity contribution in [1.29, 1.82) is 0 Å². The minimum absolute atomic E-state index is 0.0182. The molecule has 1 aliphatic rings. The van der Waals surface area contributed by atoms with Gasteiger partial charge in [-0.05, 0) is 45.4 Å². The number of amides is 2. The molecular formula is C38H40Cl3N5O7. The van der Waals surface area contributed by atoms with E-state index in [2.05, 4.69) is 15.6 Å². The number of hydrogen-bond donors (Lipinski definition) is 3. The maximum Gasteiger partial charge on any atom is 0.410 e. The number of carbonyl (C=O) groups excluding carboxylic acids is 2. The molecule has 2 aromatic heterocycles. The largest absolute Gasteiger partial charge is 0.496 e. The van der Waals surface area contributed by atoms with E-state index >= 15 is 0 Å². The molecule has 1 fully saturated rings. The second kappa shape index (κ2) is 17.0. The van der Waals surface area contributed by atoms with Crippen molar-refractivity contribution in [2.24, 2.45) is 0 Å². The van der Waals surface area contributed by atoms with Crippen LogP contribution in [0.15, 0.2) is 54.7 Å². The number of ether oxygens (including phenoxy) is 3. The van der Waals surface area contributed by atoms with Crippen LogP contribution in [0.4, 0.5) is 4.79 Å². The number of aromatic nitrogens is 2. The molecule has 1 unspecified atom stereocenters. The van der Waals surface area contributed by atoms with Crippen LogP contribution in [0.2, 0.25) is 15.1 Å². The van der Waals surface area contributed by atoms with Crippen molar-refractivity contribution in [3.05, 3.63) is 80.9 Å². The summed E-state index contributed by atoms with van der Waals surface area (Å²) in [5.74, 6) is -0.287. The molecule has 1 aliphatic heterocycles. The minimum atomic E-state index is -0.957. The van der Waals surface area contributed by atoms with Gasteiger partial charge in [-0.15, -0.1) is 0 Å². The summed E-state index contributed by atoms with van der Waals surface area (Å²) in [5.41, 5.74) is 3.89. The summed E-state index contributed by atoms with van der Waals surface area (Å²) in [4.78, 5) is 46.9. The Morgan fingerprint density at radius 2 is 1.75 bits per heavy atom. The van der Waals surface area contributed by atoms with Crippen LogP contribution in [0.5, 0.6) is 11.6 Å². The average molecular weight is 785 g/mol. The van der Waals surface area contributed by atoms with E-state index in [1.807, 2.05) is 24.3 Å². The summed E-state index contributed by atoms with van der Waals surface area (Å²) >= 11 is 21.0. The van der Waals surface area contributed by atoms with Crippen molar-refractivity contribution in [3.8, 4) is 45.3 Å². The Labute approximate surface area is 322 Å². The van der Waals surface area contributed by atoms with Crippen molar-refractivity contribution < 1.29 is 33.7 Å². The summed E-state index contributed by atoms with van der Waals surface area (Å²) in [6.45, 7) is 5.68. The van der Waals surface area contributed by atoms with Crippen molar-refractivity contribution in [2.75, 3.05) is 27.3 Å². The van der Waals surface area contributed by atoms with Crippen LogP contribution in [0.1, 0.15) is 44.7 Å². The van der Waals surface area contributed by atoms with Gasteiger partial charge in [0.25, 0.3) is 0 Å². The number of carboxylic acid groups (broad SMARTS) is 1. The predicted molar refractivity (Wildman–Crippen MR) is 204 cm³/mol. The lowest BCUT2D eigenvalue weighted by Crippen LogP contribution is -2.43. The van der Waals surface area contributed by atoms with E-state index in [1.54, 1.807) is 51.2 Å². The monoisotopic (exact) mass is 783 g/mol. The molecule has 2 aromatic carbocycles. The highest BCUT2D eigenvalue weighted by atomic mass is 35.5. The first-order valence-corrected chi connectivity index (χ1v) is 17.9. The SMILES string of the molecule is COc1cc(-c2nccc(-c3cccc(-c4cc(Cl)c(CN(CC5CCC(=O)N5)C(=O)OC(C)(C)C)c(OC)n4)c3Cl)c2Cl)ccc1CNCC(=O)O. The lowest BCUT2D eigenvalue weighted by Gasteiger charge is -2.29. The average Bonchev–Trinajstić information content (AvgIpc) is 3.52. The number of halogens is 3. The number of aliphatic carboxylic acids is 1. The number of benzene rings is 2. The zero-order valence-corrected chi connectivity index (χ0v) is 32.2. The smallest absolute Gasteiger partial charge is 0.410 e. The van der Waals surface area contributed by atoms with Crippen molar-refractivity contribution in [1.82, 2.24) is 25.5 Å². The summed E-state index contributed by atoms with van der Waals surface area (Å²) in [5, 5.41) is 15.7. The Bertz CT molecular complexity index is 2020. The van der Waals surface area contributed by atoms with E-state index < -0.39 is 17.7 Å². The van der Waals surface area contributed by atoms with Gasteiger partial charge in [-0.3, -0.25) is 14.6 Å². The number of rotatable bonds is 13. The highest BCUT2D eigenvalue weighted by Gasteiger charge is 2.30. The molecule has 0 aliphatic carbocycles. The molecule has 0 spiro atoms. The second-order valence-electron chi connectivity index (χ2n) is 13.4. The molecule has 0 saturated carbocycles. The number of carbonyl (C=O) groups is 3. The number of carboxylic acids is 1. The molecule has 0 bridgehead atoms. The fraction of sp³-hybridized carbons (Fsp3) is 0.342. The van der Waals surface area contributed by atoms with Gasteiger partial charge in [0.1, 0.15) is 11.4 Å². The molecule has 1 saturated heterocycles. The van der Waals surface area contributed by atoms with Crippen molar-refractivity contribution >= 4 is 52.8 Å². The number of methoxy groups -OCH3 is 2. The fourth-order valence-corrected chi connectivity index (χ4v) is 6.79. The summed E-state index contributed by atoms with van der Waals surface area (Å²) in [7, 11) is 3.00. The van der Waals surface area contributed by atoms with Crippen LogP contribution in [-0.4, -0.2) is 76.9 Å². The summed E-state index contributed by atoms with van der Waals surface area (Å²) in [6.07, 6.45) is 2.05. The third-order valence-electron chi connectivity index (χ3n) is 8.36. The van der Waals surface area contributed by atoms with Crippen LogP contribution in [0.25, 0.3) is 33.6 Å². The molecule has 3 N–H and O–H groups in total. The quantitative estimate of drug-likeness (QED) is 0.123. The first-order valence-electron chi connectivity index (χ1n) is 16.7. The van der Waals surface area contributed by atoms with E-state index in [4.69, 9.17) is 59.1 Å². The van der Waals surface area contributed by atoms with Crippen LogP contribution in [0, 0.1) is 0 Å². The molecule has 1 atom stereocenters. The maximum atomic E-state index is 13.3. The Hall–Kier alpha value is -4.62. The Kier molecular flexibility index (Phi) is 12.7. The van der Waals surface area contributed by atoms with Gasteiger partial charge in [0.05, 0.1) is 59.3 Å².